The van der Waals surface area contributed by atoms with Gasteiger partial charge in [0.15, 0.2) is 0 Å². The molecule has 4 nitrogen and oxygen atoms in total. The van der Waals surface area contributed by atoms with Gasteiger partial charge in [-0.15, -0.1) is 0 Å². The van der Waals surface area contributed by atoms with E-state index in [0.717, 1.165) is 11.3 Å². The number of aromatic nitrogens is 2. The standard InChI is InChI=1S/C13H13BrN2O2/c1-9-15-7-12(14)13(17)16(9)8-10-4-3-5-11(6-10)18-2/h3-7H,8H2,1-2H3. The zero-order chi connectivity index (χ0) is 13.1. The summed E-state index contributed by atoms with van der Waals surface area (Å²) in [4.78, 5) is 16.2. The SMILES string of the molecule is COc1cccc(Cn2c(C)ncc(Br)c2=O)c1. The topological polar surface area (TPSA) is 44.1 Å². The van der Waals surface area contributed by atoms with Gasteiger partial charge in [0.1, 0.15) is 16.0 Å². The number of nitrogens with zero attached hydrogens (tertiary/aromatic N) is 2. The van der Waals surface area contributed by atoms with Gasteiger partial charge < -0.3 is 4.74 Å². The summed E-state index contributed by atoms with van der Waals surface area (Å²) in [5.41, 5.74) is 0.921. The molecule has 1 aromatic heterocycles. The Hall–Kier alpha value is -1.62. The highest BCUT2D eigenvalue weighted by Gasteiger charge is 2.06. The molecular weight excluding hydrogens is 296 g/mol. The fourth-order valence-corrected chi connectivity index (χ4v) is 2.01. The molecule has 0 bridgehead atoms. The summed E-state index contributed by atoms with van der Waals surface area (Å²) in [6, 6.07) is 7.64. The Balaban J connectivity index is 2.40. The van der Waals surface area contributed by atoms with Crippen molar-refractivity contribution in [1.29, 1.82) is 0 Å². The number of methoxy groups -OCH3 is 1. The van der Waals surface area contributed by atoms with E-state index in [-0.39, 0.29) is 5.56 Å². The highest BCUT2D eigenvalue weighted by molar-refractivity contribution is 9.10. The number of aryl methyl sites for hydroxylation is 1. The number of ether oxygens (including phenoxy) is 1. The Morgan fingerprint density at radius 1 is 1.44 bits per heavy atom. The van der Waals surface area contributed by atoms with Crippen LogP contribution in [0.4, 0.5) is 0 Å². The van der Waals surface area contributed by atoms with Gasteiger partial charge in [-0.3, -0.25) is 9.36 Å². The lowest BCUT2D eigenvalue weighted by Crippen LogP contribution is -2.24. The second-order valence-electron chi connectivity index (χ2n) is 3.90. The minimum Gasteiger partial charge on any atom is -0.497 e. The molecule has 0 saturated heterocycles. The van der Waals surface area contributed by atoms with Gasteiger partial charge in [0.2, 0.25) is 0 Å². The summed E-state index contributed by atoms with van der Waals surface area (Å²) in [6.45, 7) is 2.29. The highest BCUT2D eigenvalue weighted by Crippen LogP contribution is 2.13. The molecule has 0 spiro atoms. The molecule has 0 aliphatic carbocycles. The van der Waals surface area contributed by atoms with Crippen LogP contribution < -0.4 is 10.3 Å². The van der Waals surface area contributed by atoms with Crippen LogP contribution in [0.2, 0.25) is 0 Å². The third kappa shape index (κ3) is 2.61. The van der Waals surface area contributed by atoms with Crippen molar-refractivity contribution in [2.24, 2.45) is 0 Å². The maximum absolute atomic E-state index is 12.0. The first kappa shape index (κ1) is 12.8. The Bertz CT molecular complexity index is 623. The van der Waals surface area contributed by atoms with E-state index in [1.165, 1.54) is 6.20 Å². The lowest BCUT2D eigenvalue weighted by Gasteiger charge is -2.10. The average Bonchev–Trinajstić information content (AvgIpc) is 2.39. The first-order valence-electron chi connectivity index (χ1n) is 5.46. The van der Waals surface area contributed by atoms with Crippen LogP contribution in [0.25, 0.3) is 0 Å². The molecule has 0 N–H and O–H groups in total. The van der Waals surface area contributed by atoms with E-state index in [9.17, 15) is 4.79 Å². The molecule has 1 heterocycles. The number of rotatable bonds is 3. The van der Waals surface area contributed by atoms with E-state index in [1.807, 2.05) is 31.2 Å². The lowest BCUT2D eigenvalue weighted by atomic mass is 10.2. The number of hydrogen-bond acceptors (Lipinski definition) is 3. The lowest BCUT2D eigenvalue weighted by molar-refractivity contribution is 0.414. The summed E-state index contributed by atoms with van der Waals surface area (Å²) < 4.78 is 7.26. The molecule has 0 amide bonds. The highest BCUT2D eigenvalue weighted by atomic mass is 79.9. The molecule has 0 saturated carbocycles. The quantitative estimate of drug-likeness (QED) is 0.874. The van der Waals surface area contributed by atoms with E-state index < -0.39 is 0 Å². The predicted molar refractivity (Wildman–Crippen MR) is 73.0 cm³/mol. The summed E-state index contributed by atoms with van der Waals surface area (Å²) in [7, 11) is 1.62. The third-order valence-corrected chi connectivity index (χ3v) is 3.22. The van der Waals surface area contributed by atoms with Crippen LogP contribution in [0.15, 0.2) is 39.7 Å². The van der Waals surface area contributed by atoms with Crippen LogP contribution in [0.5, 0.6) is 5.75 Å². The van der Waals surface area contributed by atoms with Crippen LogP contribution in [-0.4, -0.2) is 16.7 Å². The van der Waals surface area contributed by atoms with Crippen molar-refractivity contribution in [3.8, 4) is 5.75 Å². The second kappa shape index (κ2) is 5.35. The van der Waals surface area contributed by atoms with Crippen molar-refractivity contribution in [3.05, 3.63) is 56.7 Å². The molecular formula is C13H13BrN2O2. The van der Waals surface area contributed by atoms with Gasteiger partial charge in [-0.05, 0) is 40.5 Å². The van der Waals surface area contributed by atoms with Crippen molar-refractivity contribution in [2.45, 2.75) is 13.5 Å². The van der Waals surface area contributed by atoms with Crippen LogP contribution in [0.3, 0.4) is 0 Å². The van der Waals surface area contributed by atoms with E-state index in [2.05, 4.69) is 20.9 Å². The van der Waals surface area contributed by atoms with Crippen LogP contribution in [0, 0.1) is 6.92 Å². The molecule has 18 heavy (non-hydrogen) atoms. The minimum atomic E-state index is -0.0784. The van der Waals surface area contributed by atoms with Gasteiger partial charge in [-0.1, -0.05) is 12.1 Å². The Morgan fingerprint density at radius 3 is 2.94 bits per heavy atom. The summed E-state index contributed by atoms with van der Waals surface area (Å²) in [5, 5.41) is 0. The Kier molecular flexibility index (Phi) is 3.81. The first-order valence-corrected chi connectivity index (χ1v) is 6.26. The molecule has 0 atom stereocenters. The van der Waals surface area contributed by atoms with Crippen molar-refractivity contribution in [1.82, 2.24) is 9.55 Å². The van der Waals surface area contributed by atoms with E-state index >= 15 is 0 Å². The maximum atomic E-state index is 12.0. The van der Waals surface area contributed by atoms with Crippen molar-refractivity contribution < 1.29 is 4.74 Å². The molecule has 0 aliphatic rings. The van der Waals surface area contributed by atoms with Crippen molar-refractivity contribution >= 4 is 15.9 Å². The molecule has 5 heteroatoms. The average molecular weight is 309 g/mol. The number of halogens is 1. The van der Waals surface area contributed by atoms with Gasteiger partial charge >= 0.3 is 0 Å². The molecule has 0 fully saturated rings. The minimum absolute atomic E-state index is 0.0784. The fraction of sp³-hybridized carbons (Fsp3) is 0.231. The van der Waals surface area contributed by atoms with Gasteiger partial charge in [-0.2, -0.15) is 0 Å². The van der Waals surface area contributed by atoms with Crippen molar-refractivity contribution in [3.63, 3.8) is 0 Å². The van der Waals surface area contributed by atoms with Crippen LogP contribution in [0.1, 0.15) is 11.4 Å². The van der Waals surface area contributed by atoms with Crippen LogP contribution in [-0.2, 0) is 6.54 Å². The molecule has 0 aliphatic heterocycles. The zero-order valence-corrected chi connectivity index (χ0v) is 11.8. The molecule has 94 valence electrons. The number of hydrogen-bond donors (Lipinski definition) is 0. The molecule has 0 unspecified atom stereocenters. The summed E-state index contributed by atoms with van der Waals surface area (Å²) in [6.07, 6.45) is 1.53. The molecule has 2 aromatic rings. The summed E-state index contributed by atoms with van der Waals surface area (Å²) in [5.74, 6) is 1.46. The Morgan fingerprint density at radius 2 is 2.22 bits per heavy atom. The van der Waals surface area contributed by atoms with Crippen LogP contribution >= 0.6 is 15.9 Å². The zero-order valence-electron chi connectivity index (χ0n) is 10.2. The fourth-order valence-electron chi connectivity index (χ4n) is 1.69. The largest absolute Gasteiger partial charge is 0.497 e. The van der Waals surface area contributed by atoms with E-state index in [0.29, 0.717) is 16.8 Å². The van der Waals surface area contributed by atoms with E-state index in [4.69, 9.17) is 4.74 Å². The van der Waals surface area contributed by atoms with Gasteiger partial charge in [0.05, 0.1) is 13.7 Å². The van der Waals surface area contributed by atoms with Gasteiger partial charge in [0.25, 0.3) is 5.56 Å². The predicted octanol–water partition coefficient (Wildman–Crippen LogP) is 2.37. The van der Waals surface area contributed by atoms with Gasteiger partial charge in [-0.25, -0.2) is 4.98 Å². The third-order valence-electron chi connectivity index (χ3n) is 2.68. The van der Waals surface area contributed by atoms with Crippen molar-refractivity contribution in [2.75, 3.05) is 7.11 Å². The van der Waals surface area contributed by atoms with Gasteiger partial charge in [0, 0.05) is 6.20 Å². The molecule has 0 radical (unpaired) electrons. The van der Waals surface area contributed by atoms with E-state index in [1.54, 1.807) is 11.7 Å². The Labute approximate surface area is 113 Å². The summed E-state index contributed by atoms with van der Waals surface area (Å²) >= 11 is 3.20. The molecule has 2 rings (SSSR count). The normalized spacial score (nSPS) is 10.4. The molecule has 1 aromatic carbocycles. The number of benzene rings is 1. The second-order valence-corrected chi connectivity index (χ2v) is 4.75. The first-order chi connectivity index (χ1) is 8.61. The smallest absolute Gasteiger partial charge is 0.268 e. The monoisotopic (exact) mass is 308 g/mol. The maximum Gasteiger partial charge on any atom is 0.268 e.